The van der Waals surface area contributed by atoms with Gasteiger partial charge in [0, 0.05) is 0 Å². The third-order valence-corrected chi connectivity index (χ3v) is 6.32. The fraction of sp³-hybridized carbons (Fsp3) is 0.303. The summed E-state index contributed by atoms with van der Waals surface area (Å²) in [4.78, 5) is 5.20. The third kappa shape index (κ3) is 17.3. The number of para-hydroxylation sites is 1. The Balaban J connectivity index is 0. The van der Waals surface area contributed by atoms with Crippen LogP contribution in [0.2, 0.25) is 0 Å². The summed E-state index contributed by atoms with van der Waals surface area (Å²) in [7, 11) is 0. The Bertz CT molecular complexity index is 1030. The van der Waals surface area contributed by atoms with E-state index in [4.69, 9.17) is 21.9 Å². The third-order valence-electron chi connectivity index (χ3n) is 5.88. The number of nitrogens with zero attached hydrogens (tertiary/aromatic N) is 1. The van der Waals surface area contributed by atoms with Gasteiger partial charge >= 0.3 is 61.6 Å². The SMILES string of the molecule is C1CCCC1.C1CCCC1.[C-]#[O+].[C-]#[O+].[Ru+2].[Ru+2].[S-]/C(=C(\[C-]=Nc1ccccc1)c1ccccc1)c1ccccc1. The van der Waals surface area contributed by atoms with Crippen molar-refractivity contribution in [2.75, 3.05) is 0 Å². The summed E-state index contributed by atoms with van der Waals surface area (Å²) in [5.74, 6) is 0. The van der Waals surface area contributed by atoms with Crippen LogP contribution in [0.4, 0.5) is 5.69 Å². The van der Waals surface area contributed by atoms with Crippen LogP contribution >= 0.6 is 0 Å². The van der Waals surface area contributed by atoms with Gasteiger partial charge in [-0.1, -0.05) is 166 Å². The monoisotopic (exact) mass is 713 g/mol. The Morgan fingerprint density at radius 1 is 0.538 bits per heavy atom. The van der Waals surface area contributed by atoms with Crippen LogP contribution < -0.4 is 0 Å². The van der Waals surface area contributed by atoms with E-state index in [1.54, 1.807) is 0 Å². The van der Waals surface area contributed by atoms with Gasteiger partial charge in [-0.3, -0.25) is 0 Å². The molecule has 3 aromatic rings. The van der Waals surface area contributed by atoms with Crippen molar-refractivity contribution in [3.8, 4) is 0 Å². The fourth-order valence-corrected chi connectivity index (χ4v) is 4.28. The molecule has 0 spiro atoms. The van der Waals surface area contributed by atoms with Crippen LogP contribution in [0, 0.1) is 13.3 Å². The Labute approximate surface area is 266 Å². The molecule has 3 nitrogen and oxygen atoms in total. The summed E-state index contributed by atoms with van der Waals surface area (Å²) < 4.78 is 15.0. The molecule has 204 valence electrons. The summed E-state index contributed by atoms with van der Waals surface area (Å²) in [6, 6.07) is 29.8. The second kappa shape index (κ2) is 27.6. The maximum absolute atomic E-state index is 7.50. The molecule has 2 fully saturated rings. The van der Waals surface area contributed by atoms with Crippen molar-refractivity contribution in [3.63, 3.8) is 0 Å². The Morgan fingerprint density at radius 3 is 1.21 bits per heavy atom. The Morgan fingerprint density at radius 2 is 0.846 bits per heavy atom. The van der Waals surface area contributed by atoms with E-state index in [9.17, 15) is 0 Å². The number of benzene rings is 3. The molecule has 0 radical (unpaired) electrons. The molecule has 0 N–H and O–H groups in total. The van der Waals surface area contributed by atoms with E-state index in [1.807, 2.05) is 91.0 Å². The Kier molecular flexibility index (Phi) is 27.7. The molecule has 2 aliphatic carbocycles. The van der Waals surface area contributed by atoms with E-state index in [0.717, 1.165) is 27.3 Å². The molecule has 5 rings (SSSR count). The van der Waals surface area contributed by atoms with Crippen molar-refractivity contribution in [1.29, 1.82) is 0 Å². The zero-order chi connectivity index (χ0) is 27.0. The average Bonchev–Trinajstić information content (AvgIpc) is 3.77. The smallest absolute Gasteiger partial charge is 0.838 e. The second-order valence-electron chi connectivity index (χ2n) is 8.53. The topological polar surface area (TPSA) is 52.2 Å². The molecule has 0 bridgehead atoms. The number of rotatable bonds is 4. The molecule has 0 saturated heterocycles. The molecule has 0 aliphatic heterocycles. The molecule has 6 heteroatoms. The summed E-state index contributed by atoms with van der Waals surface area (Å²) in [6.45, 7) is 9.00. The summed E-state index contributed by atoms with van der Waals surface area (Å²) in [5.41, 5.74) is 3.70. The molecule has 3 aromatic carbocycles. The van der Waals surface area contributed by atoms with Gasteiger partial charge in [0.2, 0.25) is 0 Å². The maximum atomic E-state index is 7.50. The molecule has 0 aromatic heterocycles. The molecule has 0 heterocycles. The van der Waals surface area contributed by atoms with E-state index in [-0.39, 0.29) is 39.0 Å². The van der Waals surface area contributed by atoms with Gasteiger partial charge in [-0.15, -0.1) is 5.57 Å². The van der Waals surface area contributed by atoms with Crippen molar-refractivity contribution in [3.05, 3.63) is 115 Å². The van der Waals surface area contributed by atoms with E-state index in [1.165, 1.54) is 64.2 Å². The molecule has 39 heavy (non-hydrogen) atoms. The fourth-order valence-electron chi connectivity index (χ4n) is 3.98. The van der Waals surface area contributed by atoms with Crippen LogP contribution in [-0.4, -0.2) is 6.21 Å². The quantitative estimate of drug-likeness (QED) is 0.0665. The number of allylic oxidation sites excluding steroid dienone is 1. The molecular formula is C33H35NO2Ru2S+2. The number of hydrogen-bond donors (Lipinski definition) is 0. The minimum Gasteiger partial charge on any atom is -0.838 e. The first-order valence-corrected chi connectivity index (χ1v) is 13.2. The predicted octanol–water partition coefficient (Wildman–Crippen LogP) is 9.20. The number of aliphatic imine (C=N–C) groups is 1. The van der Waals surface area contributed by atoms with Crippen LogP contribution in [0.5, 0.6) is 0 Å². The largest absolute Gasteiger partial charge is 2.00 e. The van der Waals surface area contributed by atoms with Gasteiger partial charge in [0.25, 0.3) is 0 Å². The van der Waals surface area contributed by atoms with Gasteiger partial charge in [-0.2, -0.15) is 0 Å². The van der Waals surface area contributed by atoms with E-state index in [2.05, 4.69) is 24.5 Å². The first kappa shape index (κ1) is 39.2. The normalized spacial score (nSPS) is 13.4. The summed E-state index contributed by atoms with van der Waals surface area (Å²) >= 11 is 5.68. The standard InChI is InChI=1S/C21H16NS.2C5H10.2CO.2Ru/c23-21(18-12-6-2-7-13-18)20(17-10-4-1-5-11-17)16-22-19-14-8-3-9-15-19;2*1-2-4-5-3-1;2*1-2;;/h1-15,23H;2*1-5H2;;;;/q-1;;;;;2*+2/p-1/b21-20+;;;;;;. The van der Waals surface area contributed by atoms with Gasteiger partial charge in [-0.25, -0.2) is 4.91 Å². The Hall–Kier alpha value is -1.98. The van der Waals surface area contributed by atoms with Crippen LogP contribution in [0.25, 0.3) is 10.5 Å². The van der Waals surface area contributed by atoms with Crippen molar-refractivity contribution in [2.45, 2.75) is 64.2 Å². The minimum atomic E-state index is 0. The molecule has 0 unspecified atom stereocenters. The molecular weight excluding hydrogens is 677 g/mol. The second-order valence-corrected chi connectivity index (χ2v) is 8.94. The van der Waals surface area contributed by atoms with E-state index in [0.29, 0.717) is 0 Å². The van der Waals surface area contributed by atoms with Crippen LogP contribution in [0.15, 0.2) is 96.0 Å². The molecule has 2 aliphatic rings. The first-order valence-electron chi connectivity index (χ1n) is 12.8. The molecule has 2 saturated carbocycles. The van der Waals surface area contributed by atoms with Gasteiger partial charge < -0.3 is 17.6 Å². The average molecular weight is 712 g/mol. The van der Waals surface area contributed by atoms with Gasteiger partial charge in [0.15, 0.2) is 0 Å². The van der Waals surface area contributed by atoms with Crippen molar-refractivity contribution in [1.82, 2.24) is 0 Å². The van der Waals surface area contributed by atoms with Crippen molar-refractivity contribution < 1.29 is 48.3 Å². The number of hydrogen-bond acceptors (Lipinski definition) is 2. The van der Waals surface area contributed by atoms with Crippen molar-refractivity contribution in [2.24, 2.45) is 4.99 Å². The van der Waals surface area contributed by atoms with E-state index >= 15 is 0 Å². The maximum Gasteiger partial charge on any atom is 2.00 e. The van der Waals surface area contributed by atoms with Crippen LogP contribution in [-0.2, 0) is 60.9 Å². The van der Waals surface area contributed by atoms with Crippen LogP contribution in [0.1, 0.15) is 75.3 Å². The van der Waals surface area contributed by atoms with Gasteiger partial charge in [0.1, 0.15) is 0 Å². The molecule has 0 amide bonds. The minimum absolute atomic E-state index is 0. The zero-order valence-corrected chi connectivity index (χ0v) is 26.4. The molecule has 0 atom stereocenters. The summed E-state index contributed by atoms with van der Waals surface area (Å²) in [6.07, 6.45) is 18.2. The van der Waals surface area contributed by atoms with Crippen molar-refractivity contribution >= 4 is 35.0 Å². The van der Waals surface area contributed by atoms with E-state index < -0.39 is 0 Å². The van der Waals surface area contributed by atoms with Gasteiger partial charge in [0.05, 0.1) is 0 Å². The van der Waals surface area contributed by atoms with Crippen LogP contribution in [0.3, 0.4) is 0 Å². The van der Waals surface area contributed by atoms with Gasteiger partial charge in [-0.05, 0) is 11.9 Å². The first-order chi connectivity index (χ1) is 18.3. The zero-order valence-electron chi connectivity index (χ0n) is 22.1. The summed E-state index contributed by atoms with van der Waals surface area (Å²) in [5, 5.41) is 0. The predicted molar refractivity (Wildman–Crippen MR) is 155 cm³/mol.